The van der Waals surface area contributed by atoms with E-state index in [2.05, 4.69) is 10.2 Å². The molecule has 13 heavy (non-hydrogen) atoms. The third-order valence-electron chi connectivity index (χ3n) is 2.49. The van der Waals surface area contributed by atoms with E-state index in [-0.39, 0.29) is 5.41 Å². The van der Waals surface area contributed by atoms with Crippen LogP contribution in [0.5, 0.6) is 0 Å². The van der Waals surface area contributed by atoms with Gasteiger partial charge in [-0.2, -0.15) is 10.2 Å². The molecular weight excluding hydrogens is 166 g/mol. The molecule has 0 unspecified atom stereocenters. The molecule has 0 saturated carbocycles. The third kappa shape index (κ3) is 1.32. The summed E-state index contributed by atoms with van der Waals surface area (Å²) in [7, 11) is 0. The van der Waals surface area contributed by atoms with E-state index in [1.54, 1.807) is 0 Å². The molecule has 2 heterocycles. The Morgan fingerprint density at radius 3 is 2.62 bits per heavy atom. The molecule has 4 nitrogen and oxygen atoms in total. The molecule has 2 rings (SSSR count). The van der Waals surface area contributed by atoms with Crippen LogP contribution in [-0.4, -0.2) is 30.0 Å². The van der Waals surface area contributed by atoms with E-state index in [0.29, 0.717) is 19.8 Å². The molecule has 1 fully saturated rings. The van der Waals surface area contributed by atoms with Gasteiger partial charge in [-0.25, -0.2) is 0 Å². The topological polar surface area (TPSA) is 61.0 Å². The zero-order chi connectivity index (χ0) is 9.31. The van der Waals surface area contributed by atoms with Crippen LogP contribution in [0.1, 0.15) is 11.4 Å². The second-order valence-corrected chi connectivity index (χ2v) is 3.54. The average molecular weight is 179 g/mol. The van der Waals surface area contributed by atoms with Crippen LogP contribution in [0, 0.1) is 6.92 Å². The van der Waals surface area contributed by atoms with Gasteiger partial charge in [0.25, 0.3) is 0 Å². The molecule has 0 atom stereocenters. The molecule has 1 aromatic rings. The SMILES string of the molecule is Cc1ccc(C2(CN)COC2)nn1. The number of hydrogen-bond donors (Lipinski definition) is 1. The summed E-state index contributed by atoms with van der Waals surface area (Å²) in [5, 5.41) is 8.15. The molecule has 0 aliphatic carbocycles. The van der Waals surface area contributed by atoms with Gasteiger partial charge in [0.05, 0.1) is 30.0 Å². The van der Waals surface area contributed by atoms with Gasteiger partial charge < -0.3 is 10.5 Å². The number of ether oxygens (including phenoxy) is 1. The maximum Gasteiger partial charge on any atom is 0.0752 e. The Hall–Kier alpha value is -1.00. The van der Waals surface area contributed by atoms with Crippen molar-refractivity contribution in [2.45, 2.75) is 12.3 Å². The molecule has 0 radical (unpaired) electrons. The predicted octanol–water partition coefficient (Wildman–Crippen LogP) is 0.0117. The van der Waals surface area contributed by atoms with Crippen LogP contribution in [0.3, 0.4) is 0 Å². The van der Waals surface area contributed by atoms with E-state index >= 15 is 0 Å². The fourth-order valence-electron chi connectivity index (χ4n) is 1.40. The average Bonchev–Trinajstić information content (AvgIpc) is 2.07. The smallest absolute Gasteiger partial charge is 0.0752 e. The summed E-state index contributed by atoms with van der Waals surface area (Å²) in [4.78, 5) is 0. The first-order valence-electron chi connectivity index (χ1n) is 4.35. The number of hydrogen-bond acceptors (Lipinski definition) is 4. The molecule has 2 N–H and O–H groups in total. The van der Waals surface area contributed by atoms with Crippen LogP contribution in [0.25, 0.3) is 0 Å². The second-order valence-electron chi connectivity index (χ2n) is 3.54. The summed E-state index contributed by atoms with van der Waals surface area (Å²) in [6.45, 7) is 3.83. The Kier molecular flexibility index (Phi) is 2.01. The standard InChI is InChI=1S/C9H13N3O/c1-7-2-3-8(12-11-7)9(4-10)5-13-6-9/h2-3H,4-6,10H2,1H3. The number of aryl methyl sites for hydroxylation is 1. The molecule has 0 aromatic carbocycles. The first-order valence-corrected chi connectivity index (χ1v) is 4.35. The first kappa shape index (κ1) is 8.59. The minimum atomic E-state index is -0.0688. The highest BCUT2D eigenvalue weighted by molar-refractivity contribution is 5.20. The minimum Gasteiger partial charge on any atom is -0.379 e. The highest BCUT2D eigenvalue weighted by Crippen LogP contribution is 2.29. The number of nitrogens with zero attached hydrogens (tertiary/aromatic N) is 2. The van der Waals surface area contributed by atoms with Gasteiger partial charge >= 0.3 is 0 Å². The fraction of sp³-hybridized carbons (Fsp3) is 0.556. The van der Waals surface area contributed by atoms with Gasteiger partial charge in [0.1, 0.15) is 0 Å². The molecule has 1 saturated heterocycles. The zero-order valence-electron chi connectivity index (χ0n) is 7.66. The van der Waals surface area contributed by atoms with Crippen molar-refractivity contribution >= 4 is 0 Å². The molecule has 70 valence electrons. The van der Waals surface area contributed by atoms with Crippen molar-refractivity contribution in [1.82, 2.24) is 10.2 Å². The Labute approximate surface area is 77.1 Å². The van der Waals surface area contributed by atoms with E-state index in [4.69, 9.17) is 10.5 Å². The fourth-order valence-corrected chi connectivity index (χ4v) is 1.40. The van der Waals surface area contributed by atoms with Gasteiger partial charge in [-0.3, -0.25) is 0 Å². The lowest BCUT2D eigenvalue weighted by Gasteiger charge is -2.39. The van der Waals surface area contributed by atoms with E-state index in [0.717, 1.165) is 11.4 Å². The maximum atomic E-state index is 5.69. The first-order chi connectivity index (χ1) is 6.27. The van der Waals surface area contributed by atoms with Crippen LogP contribution < -0.4 is 5.73 Å². The second kappa shape index (κ2) is 3.05. The normalized spacial score (nSPS) is 19.5. The van der Waals surface area contributed by atoms with Gasteiger partial charge in [-0.1, -0.05) is 0 Å². The predicted molar refractivity (Wildman–Crippen MR) is 48.3 cm³/mol. The van der Waals surface area contributed by atoms with Gasteiger partial charge in [0.2, 0.25) is 0 Å². The van der Waals surface area contributed by atoms with Gasteiger partial charge in [0.15, 0.2) is 0 Å². The van der Waals surface area contributed by atoms with Crippen LogP contribution in [0.15, 0.2) is 12.1 Å². The monoisotopic (exact) mass is 179 g/mol. The van der Waals surface area contributed by atoms with Crippen LogP contribution >= 0.6 is 0 Å². The summed E-state index contributed by atoms with van der Waals surface area (Å²) in [5.41, 5.74) is 7.50. The molecule has 0 bridgehead atoms. The minimum absolute atomic E-state index is 0.0688. The summed E-state index contributed by atoms with van der Waals surface area (Å²) in [6.07, 6.45) is 0. The van der Waals surface area contributed by atoms with Crippen molar-refractivity contribution in [1.29, 1.82) is 0 Å². The molecule has 1 aliphatic rings. The van der Waals surface area contributed by atoms with Crippen LogP contribution in [-0.2, 0) is 10.2 Å². The molecule has 1 aromatic heterocycles. The maximum absolute atomic E-state index is 5.69. The summed E-state index contributed by atoms with van der Waals surface area (Å²) >= 11 is 0. The number of aromatic nitrogens is 2. The van der Waals surface area contributed by atoms with Gasteiger partial charge in [-0.05, 0) is 19.1 Å². The highest BCUT2D eigenvalue weighted by Gasteiger charge is 2.40. The summed E-state index contributed by atoms with van der Waals surface area (Å²) < 4.78 is 5.17. The lowest BCUT2D eigenvalue weighted by molar-refractivity contribution is -0.0575. The van der Waals surface area contributed by atoms with Crippen molar-refractivity contribution in [2.75, 3.05) is 19.8 Å². The van der Waals surface area contributed by atoms with Crippen molar-refractivity contribution in [2.24, 2.45) is 5.73 Å². The summed E-state index contributed by atoms with van der Waals surface area (Å²) in [6, 6.07) is 3.94. The van der Waals surface area contributed by atoms with Crippen molar-refractivity contribution < 1.29 is 4.74 Å². The molecular formula is C9H13N3O. The lowest BCUT2D eigenvalue weighted by atomic mass is 9.82. The van der Waals surface area contributed by atoms with Gasteiger partial charge in [-0.15, -0.1) is 0 Å². The van der Waals surface area contributed by atoms with Crippen molar-refractivity contribution in [3.63, 3.8) is 0 Å². The molecule has 0 amide bonds. The largest absolute Gasteiger partial charge is 0.379 e. The Morgan fingerprint density at radius 1 is 1.46 bits per heavy atom. The zero-order valence-corrected chi connectivity index (χ0v) is 7.66. The van der Waals surface area contributed by atoms with E-state index < -0.39 is 0 Å². The molecule has 0 spiro atoms. The Balaban J connectivity index is 2.28. The van der Waals surface area contributed by atoms with E-state index in [1.807, 2.05) is 19.1 Å². The van der Waals surface area contributed by atoms with Crippen LogP contribution in [0.2, 0.25) is 0 Å². The lowest BCUT2D eigenvalue weighted by Crippen LogP contribution is -2.52. The Bertz CT molecular complexity index is 287. The van der Waals surface area contributed by atoms with Crippen molar-refractivity contribution in [3.05, 3.63) is 23.5 Å². The quantitative estimate of drug-likeness (QED) is 0.694. The summed E-state index contributed by atoms with van der Waals surface area (Å²) in [5.74, 6) is 0. The van der Waals surface area contributed by atoms with Crippen LogP contribution in [0.4, 0.5) is 0 Å². The number of nitrogens with two attached hydrogens (primary N) is 1. The van der Waals surface area contributed by atoms with E-state index in [9.17, 15) is 0 Å². The molecule has 4 heteroatoms. The third-order valence-corrected chi connectivity index (χ3v) is 2.49. The Morgan fingerprint density at radius 2 is 2.23 bits per heavy atom. The van der Waals surface area contributed by atoms with Gasteiger partial charge in [0, 0.05) is 6.54 Å². The highest BCUT2D eigenvalue weighted by atomic mass is 16.5. The van der Waals surface area contributed by atoms with E-state index in [1.165, 1.54) is 0 Å². The van der Waals surface area contributed by atoms with Crippen molar-refractivity contribution in [3.8, 4) is 0 Å². The molecule has 1 aliphatic heterocycles. The number of rotatable bonds is 2.